The third kappa shape index (κ3) is 2.46. The lowest BCUT2D eigenvalue weighted by Gasteiger charge is -2.11. The smallest absolute Gasteiger partial charge is 0.306 e. The largest absolute Gasteiger partial charge is 0.323 e. The fourth-order valence-electron chi connectivity index (χ4n) is 1.60. The van der Waals surface area contributed by atoms with Gasteiger partial charge in [-0.15, -0.1) is 0 Å². The first-order chi connectivity index (χ1) is 8.42. The Kier molecular flexibility index (Phi) is 3.27. The fourth-order valence-corrected chi connectivity index (χ4v) is 2.95. The van der Waals surface area contributed by atoms with E-state index in [9.17, 15) is 13.2 Å². The highest BCUT2D eigenvalue weighted by Gasteiger charge is 2.17. The van der Waals surface area contributed by atoms with Gasteiger partial charge in [-0.2, -0.15) is 0 Å². The van der Waals surface area contributed by atoms with Crippen molar-refractivity contribution >= 4 is 21.1 Å². The molecule has 1 unspecified atom stereocenters. The molecule has 0 radical (unpaired) electrons. The number of hydrogen-bond acceptors (Lipinski definition) is 3. The van der Waals surface area contributed by atoms with Crippen molar-refractivity contribution in [2.75, 3.05) is 0 Å². The molecule has 0 spiro atoms. The summed E-state index contributed by atoms with van der Waals surface area (Å²) in [5, 5.41) is 0. The van der Waals surface area contributed by atoms with E-state index in [0.29, 0.717) is 17.5 Å². The number of hydrogen-bond donors (Lipinski definition) is 3. The Labute approximate surface area is 104 Å². The van der Waals surface area contributed by atoms with Gasteiger partial charge in [-0.25, -0.2) is 17.9 Å². The molecule has 0 aliphatic carbocycles. The minimum atomic E-state index is -3.54. The minimum absolute atomic E-state index is 0.129. The maximum absolute atomic E-state index is 12.0. The van der Waals surface area contributed by atoms with Crippen LogP contribution in [0.5, 0.6) is 0 Å². The molecule has 2 rings (SSSR count). The first-order valence-corrected chi connectivity index (χ1v) is 7.15. The molecular formula is C11H15N3O3S. The predicted octanol–water partition coefficient (Wildman–Crippen LogP) is 0.933. The van der Waals surface area contributed by atoms with E-state index in [4.69, 9.17) is 0 Å². The molecule has 0 saturated carbocycles. The van der Waals surface area contributed by atoms with E-state index in [-0.39, 0.29) is 16.6 Å². The summed E-state index contributed by atoms with van der Waals surface area (Å²) in [4.78, 5) is 16.3. The summed E-state index contributed by atoms with van der Waals surface area (Å²) in [5.74, 6) is 0. The molecule has 98 valence electrons. The average molecular weight is 269 g/mol. The van der Waals surface area contributed by atoms with Crippen LogP contribution in [0.25, 0.3) is 11.0 Å². The van der Waals surface area contributed by atoms with Crippen molar-refractivity contribution < 1.29 is 8.42 Å². The molecule has 0 saturated heterocycles. The van der Waals surface area contributed by atoms with Crippen molar-refractivity contribution in [1.82, 2.24) is 14.7 Å². The lowest BCUT2D eigenvalue weighted by Crippen LogP contribution is -2.31. The van der Waals surface area contributed by atoms with Gasteiger partial charge in [-0.3, -0.25) is 0 Å². The number of imidazole rings is 1. The van der Waals surface area contributed by atoms with E-state index in [1.165, 1.54) is 12.1 Å². The first kappa shape index (κ1) is 12.8. The number of aromatic nitrogens is 2. The summed E-state index contributed by atoms with van der Waals surface area (Å²) < 4.78 is 26.6. The van der Waals surface area contributed by atoms with E-state index in [0.717, 1.165) is 0 Å². The quantitative estimate of drug-likeness (QED) is 0.770. The van der Waals surface area contributed by atoms with Crippen LogP contribution in [0.1, 0.15) is 20.3 Å². The molecule has 0 bridgehead atoms. The van der Waals surface area contributed by atoms with Gasteiger partial charge in [0.15, 0.2) is 0 Å². The standard InChI is InChI=1S/C11H15N3O3S/c1-3-7(2)14-18(16,17)8-4-5-9-10(6-8)13-11(15)12-9/h4-7,14H,3H2,1-2H3,(H2,12,13,15). The number of sulfonamides is 1. The lowest BCUT2D eigenvalue weighted by atomic mass is 10.3. The van der Waals surface area contributed by atoms with Crippen molar-refractivity contribution in [3.8, 4) is 0 Å². The van der Waals surface area contributed by atoms with Crippen LogP contribution >= 0.6 is 0 Å². The number of aromatic amines is 2. The Balaban J connectivity index is 2.44. The third-order valence-corrected chi connectivity index (χ3v) is 4.35. The summed E-state index contributed by atoms with van der Waals surface area (Å²) in [6.45, 7) is 3.70. The van der Waals surface area contributed by atoms with Gasteiger partial charge in [0, 0.05) is 6.04 Å². The molecule has 1 aromatic heterocycles. The van der Waals surface area contributed by atoms with Crippen LogP contribution in [0.3, 0.4) is 0 Å². The number of benzene rings is 1. The zero-order valence-corrected chi connectivity index (χ0v) is 11.0. The van der Waals surface area contributed by atoms with Gasteiger partial charge < -0.3 is 9.97 Å². The molecule has 7 heteroatoms. The number of H-pyrrole nitrogens is 2. The van der Waals surface area contributed by atoms with E-state index in [2.05, 4.69) is 14.7 Å². The average Bonchev–Trinajstić information content (AvgIpc) is 2.67. The van der Waals surface area contributed by atoms with Crippen LogP contribution in [-0.2, 0) is 10.0 Å². The monoisotopic (exact) mass is 269 g/mol. The molecule has 1 atom stereocenters. The van der Waals surface area contributed by atoms with Crippen LogP contribution in [0, 0.1) is 0 Å². The van der Waals surface area contributed by atoms with E-state index in [1.807, 2.05) is 6.92 Å². The molecule has 0 amide bonds. The summed E-state index contributed by atoms with van der Waals surface area (Å²) >= 11 is 0. The Morgan fingerprint density at radius 1 is 1.28 bits per heavy atom. The zero-order chi connectivity index (χ0) is 13.3. The second-order valence-corrected chi connectivity index (χ2v) is 5.93. The molecule has 6 nitrogen and oxygen atoms in total. The SMILES string of the molecule is CCC(C)NS(=O)(=O)c1ccc2[nH]c(=O)[nH]c2c1. The van der Waals surface area contributed by atoms with Gasteiger partial charge in [0.05, 0.1) is 15.9 Å². The van der Waals surface area contributed by atoms with Crippen LogP contribution in [0.15, 0.2) is 27.9 Å². The first-order valence-electron chi connectivity index (χ1n) is 5.67. The summed E-state index contributed by atoms with van der Waals surface area (Å²) in [6, 6.07) is 4.35. The maximum Gasteiger partial charge on any atom is 0.323 e. The molecular weight excluding hydrogens is 254 g/mol. The topological polar surface area (TPSA) is 94.8 Å². The van der Waals surface area contributed by atoms with Gasteiger partial charge in [0.1, 0.15) is 0 Å². The van der Waals surface area contributed by atoms with Crippen LogP contribution in [0.2, 0.25) is 0 Å². The van der Waals surface area contributed by atoms with Crippen molar-refractivity contribution in [2.24, 2.45) is 0 Å². The Bertz CT molecular complexity index is 714. The fraction of sp³-hybridized carbons (Fsp3) is 0.364. The van der Waals surface area contributed by atoms with Crippen LogP contribution in [-0.4, -0.2) is 24.4 Å². The lowest BCUT2D eigenvalue weighted by molar-refractivity contribution is 0.556. The molecule has 1 aromatic carbocycles. The Hall–Kier alpha value is -1.60. The summed E-state index contributed by atoms with van der Waals surface area (Å²) in [5.41, 5.74) is 0.712. The summed E-state index contributed by atoms with van der Waals surface area (Å²) in [7, 11) is -3.54. The minimum Gasteiger partial charge on any atom is -0.306 e. The zero-order valence-electron chi connectivity index (χ0n) is 10.1. The molecule has 18 heavy (non-hydrogen) atoms. The van der Waals surface area contributed by atoms with Gasteiger partial charge in [-0.1, -0.05) is 6.92 Å². The number of fused-ring (bicyclic) bond motifs is 1. The van der Waals surface area contributed by atoms with Crippen LogP contribution < -0.4 is 10.4 Å². The van der Waals surface area contributed by atoms with Gasteiger partial charge >= 0.3 is 5.69 Å². The second kappa shape index (κ2) is 4.58. The van der Waals surface area contributed by atoms with Gasteiger partial charge in [0.25, 0.3) is 0 Å². The maximum atomic E-state index is 12.0. The molecule has 3 N–H and O–H groups in total. The Morgan fingerprint density at radius 2 is 1.94 bits per heavy atom. The number of nitrogens with one attached hydrogen (secondary N) is 3. The number of rotatable bonds is 4. The van der Waals surface area contributed by atoms with E-state index >= 15 is 0 Å². The highest BCUT2D eigenvalue weighted by atomic mass is 32.2. The molecule has 1 heterocycles. The van der Waals surface area contributed by atoms with Crippen molar-refractivity contribution in [3.63, 3.8) is 0 Å². The molecule has 2 aromatic rings. The highest BCUT2D eigenvalue weighted by Crippen LogP contribution is 2.15. The van der Waals surface area contributed by atoms with Crippen molar-refractivity contribution in [2.45, 2.75) is 31.2 Å². The van der Waals surface area contributed by atoms with Crippen molar-refractivity contribution in [1.29, 1.82) is 0 Å². The highest BCUT2D eigenvalue weighted by molar-refractivity contribution is 7.89. The molecule has 0 fully saturated rings. The Morgan fingerprint density at radius 3 is 2.61 bits per heavy atom. The van der Waals surface area contributed by atoms with Crippen LogP contribution in [0.4, 0.5) is 0 Å². The summed E-state index contributed by atoms with van der Waals surface area (Å²) in [6.07, 6.45) is 0.711. The third-order valence-electron chi connectivity index (χ3n) is 2.77. The van der Waals surface area contributed by atoms with Gasteiger partial charge in [-0.05, 0) is 31.5 Å². The van der Waals surface area contributed by atoms with Crippen molar-refractivity contribution in [3.05, 3.63) is 28.7 Å². The normalized spacial score (nSPS) is 13.9. The van der Waals surface area contributed by atoms with Gasteiger partial charge in [0.2, 0.25) is 10.0 Å². The molecule has 0 aliphatic rings. The predicted molar refractivity (Wildman–Crippen MR) is 69.0 cm³/mol. The van der Waals surface area contributed by atoms with E-state index < -0.39 is 10.0 Å². The van der Waals surface area contributed by atoms with E-state index in [1.54, 1.807) is 13.0 Å². The molecule has 0 aliphatic heterocycles. The second-order valence-electron chi connectivity index (χ2n) is 4.22.